The molecule has 0 radical (unpaired) electrons. The molecule has 0 aliphatic heterocycles. The lowest BCUT2D eigenvalue weighted by Crippen LogP contribution is -2.30. The fourth-order valence-electron chi connectivity index (χ4n) is 2.62. The minimum absolute atomic E-state index is 0.0237. The molecule has 2 aromatic carbocycles. The quantitative estimate of drug-likeness (QED) is 0.838. The van der Waals surface area contributed by atoms with Crippen molar-refractivity contribution in [3.8, 4) is 11.8 Å². The van der Waals surface area contributed by atoms with Crippen LogP contribution in [0.15, 0.2) is 48.5 Å². The van der Waals surface area contributed by atoms with E-state index in [1.807, 2.05) is 43.3 Å². The number of carbonyl (C=O) groups is 1. The molecule has 2 nitrogen and oxygen atoms in total. The van der Waals surface area contributed by atoms with Crippen molar-refractivity contribution in [2.24, 2.45) is 0 Å². The highest BCUT2D eigenvalue weighted by molar-refractivity contribution is 5.76. The van der Waals surface area contributed by atoms with Crippen molar-refractivity contribution in [1.82, 2.24) is 5.32 Å². The summed E-state index contributed by atoms with van der Waals surface area (Å²) in [6.07, 6.45) is 1.26. The number of benzene rings is 2. The van der Waals surface area contributed by atoms with Gasteiger partial charge in [-0.1, -0.05) is 55.2 Å². The van der Waals surface area contributed by atoms with E-state index in [4.69, 9.17) is 0 Å². The Hall–Kier alpha value is -2.53. The van der Waals surface area contributed by atoms with Gasteiger partial charge in [0.15, 0.2) is 0 Å². The highest BCUT2D eigenvalue weighted by atomic mass is 16.1. The summed E-state index contributed by atoms with van der Waals surface area (Å²) in [7, 11) is 0. The topological polar surface area (TPSA) is 29.1 Å². The average Bonchev–Trinajstić information content (AvgIpc) is 2.51. The van der Waals surface area contributed by atoms with Crippen molar-refractivity contribution in [2.45, 2.75) is 25.8 Å². The zero-order chi connectivity index (χ0) is 14.7. The van der Waals surface area contributed by atoms with Gasteiger partial charge in [-0.15, -0.1) is 0 Å². The molecule has 1 amide bonds. The summed E-state index contributed by atoms with van der Waals surface area (Å²) < 4.78 is 0. The third-order valence-electron chi connectivity index (χ3n) is 3.77. The maximum absolute atomic E-state index is 11.9. The zero-order valence-corrected chi connectivity index (χ0v) is 12.0. The van der Waals surface area contributed by atoms with Crippen molar-refractivity contribution in [3.05, 3.63) is 70.8 Å². The van der Waals surface area contributed by atoms with Gasteiger partial charge in [-0.05, 0) is 29.7 Å². The zero-order valence-electron chi connectivity index (χ0n) is 12.0. The van der Waals surface area contributed by atoms with E-state index in [-0.39, 0.29) is 11.9 Å². The Kier molecular flexibility index (Phi) is 3.75. The molecule has 0 bridgehead atoms. The standard InChI is InChI=1S/C19H17NO/c1-2-19(21)20-18-13-16-9-4-3-7-14(16)11-12-15-8-5-6-10-17(15)18/h3-10,18H,2,13H2,1H3,(H,20,21). The van der Waals surface area contributed by atoms with E-state index in [9.17, 15) is 4.79 Å². The van der Waals surface area contributed by atoms with Gasteiger partial charge in [0.2, 0.25) is 5.91 Å². The van der Waals surface area contributed by atoms with E-state index >= 15 is 0 Å². The summed E-state index contributed by atoms with van der Waals surface area (Å²) in [5.74, 6) is 6.56. The maximum atomic E-state index is 11.9. The second kappa shape index (κ2) is 5.85. The number of hydrogen-bond acceptors (Lipinski definition) is 1. The van der Waals surface area contributed by atoms with Crippen molar-refractivity contribution >= 4 is 5.91 Å². The van der Waals surface area contributed by atoms with E-state index in [0.29, 0.717) is 6.42 Å². The Morgan fingerprint density at radius 2 is 1.76 bits per heavy atom. The first-order chi connectivity index (χ1) is 10.3. The molecule has 0 aromatic heterocycles. The van der Waals surface area contributed by atoms with Crippen LogP contribution in [0.25, 0.3) is 0 Å². The highest BCUT2D eigenvalue weighted by Crippen LogP contribution is 2.25. The normalized spacial score (nSPS) is 15.6. The number of amides is 1. The number of hydrogen-bond donors (Lipinski definition) is 1. The van der Waals surface area contributed by atoms with Crippen LogP contribution in [0.2, 0.25) is 0 Å². The van der Waals surface area contributed by atoms with E-state index in [1.165, 1.54) is 5.56 Å². The van der Waals surface area contributed by atoms with Crippen LogP contribution in [0.4, 0.5) is 0 Å². The molecule has 2 aromatic rings. The van der Waals surface area contributed by atoms with Crippen LogP contribution in [0, 0.1) is 11.8 Å². The van der Waals surface area contributed by atoms with Crippen molar-refractivity contribution < 1.29 is 4.79 Å². The van der Waals surface area contributed by atoms with Gasteiger partial charge in [0.05, 0.1) is 6.04 Å². The Balaban J connectivity index is 2.09. The van der Waals surface area contributed by atoms with Crippen LogP contribution in [-0.2, 0) is 11.2 Å². The molecule has 1 aliphatic rings. The van der Waals surface area contributed by atoms with Gasteiger partial charge in [-0.25, -0.2) is 0 Å². The predicted octanol–water partition coefficient (Wildman–Crippen LogP) is 3.21. The molecule has 3 rings (SSSR count). The van der Waals surface area contributed by atoms with E-state index in [1.54, 1.807) is 0 Å². The van der Waals surface area contributed by atoms with Crippen LogP contribution in [0.5, 0.6) is 0 Å². The van der Waals surface area contributed by atoms with Gasteiger partial charge in [0.25, 0.3) is 0 Å². The first-order valence-corrected chi connectivity index (χ1v) is 7.26. The molecule has 1 atom stereocenters. The minimum atomic E-state index is -0.0237. The Bertz CT molecular complexity index is 736. The van der Waals surface area contributed by atoms with Crippen molar-refractivity contribution in [3.63, 3.8) is 0 Å². The molecule has 1 unspecified atom stereocenters. The number of fused-ring (bicyclic) bond motifs is 2. The summed E-state index contributed by atoms with van der Waals surface area (Å²) in [6, 6.07) is 16.2. The molecule has 21 heavy (non-hydrogen) atoms. The molecule has 1 aliphatic carbocycles. The lowest BCUT2D eigenvalue weighted by atomic mass is 9.90. The maximum Gasteiger partial charge on any atom is 0.220 e. The first-order valence-electron chi connectivity index (χ1n) is 7.26. The van der Waals surface area contributed by atoms with E-state index < -0.39 is 0 Å². The van der Waals surface area contributed by atoms with Gasteiger partial charge in [-0.2, -0.15) is 0 Å². The molecular formula is C19H17NO. The van der Waals surface area contributed by atoms with Gasteiger partial charge in [0.1, 0.15) is 0 Å². The monoisotopic (exact) mass is 275 g/mol. The molecule has 0 fully saturated rings. The van der Waals surface area contributed by atoms with Crippen molar-refractivity contribution in [2.75, 3.05) is 0 Å². The lowest BCUT2D eigenvalue weighted by molar-refractivity contribution is -0.121. The third kappa shape index (κ3) is 2.83. The van der Waals surface area contributed by atoms with Crippen LogP contribution >= 0.6 is 0 Å². The highest BCUT2D eigenvalue weighted by Gasteiger charge is 2.19. The fraction of sp³-hybridized carbons (Fsp3) is 0.211. The summed E-state index contributed by atoms with van der Waals surface area (Å²) in [5, 5.41) is 3.13. The van der Waals surface area contributed by atoms with Gasteiger partial charge < -0.3 is 5.32 Å². The fourth-order valence-corrected chi connectivity index (χ4v) is 2.62. The smallest absolute Gasteiger partial charge is 0.220 e. The average molecular weight is 275 g/mol. The molecule has 2 heteroatoms. The Morgan fingerprint density at radius 1 is 1.10 bits per heavy atom. The van der Waals surface area contributed by atoms with Crippen LogP contribution in [0.1, 0.15) is 41.6 Å². The van der Waals surface area contributed by atoms with Gasteiger partial charge in [-0.3, -0.25) is 4.79 Å². The predicted molar refractivity (Wildman–Crippen MR) is 83.7 cm³/mol. The van der Waals surface area contributed by atoms with Crippen LogP contribution < -0.4 is 5.32 Å². The van der Waals surface area contributed by atoms with Crippen molar-refractivity contribution in [1.29, 1.82) is 0 Å². The van der Waals surface area contributed by atoms with Gasteiger partial charge in [0, 0.05) is 17.5 Å². The molecule has 1 N–H and O–H groups in total. The molecule has 0 saturated heterocycles. The van der Waals surface area contributed by atoms with Gasteiger partial charge >= 0.3 is 0 Å². The lowest BCUT2D eigenvalue weighted by Gasteiger charge is -2.22. The summed E-state index contributed by atoms with van der Waals surface area (Å²) >= 11 is 0. The second-order valence-electron chi connectivity index (χ2n) is 5.17. The second-order valence-corrected chi connectivity index (χ2v) is 5.17. The van der Waals surface area contributed by atoms with Crippen LogP contribution in [-0.4, -0.2) is 5.91 Å². The number of nitrogens with one attached hydrogen (secondary N) is 1. The molecule has 104 valence electrons. The summed E-state index contributed by atoms with van der Waals surface area (Å²) in [5.41, 5.74) is 4.32. The molecule has 0 spiro atoms. The molecule has 0 heterocycles. The third-order valence-corrected chi connectivity index (χ3v) is 3.77. The van der Waals surface area contributed by atoms with Crippen LogP contribution in [0.3, 0.4) is 0 Å². The summed E-state index contributed by atoms with van der Waals surface area (Å²) in [4.78, 5) is 11.9. The Labute approximate surface area is 125 Å². The molecular weight excluding hydrogens is 258 g/mol. The first kappa shape index (κ1) is 13.5. The number of rotatable bonds is 2. The summed E-state index contributed by atoms with van der Waals surface area (Å²) in [6.45, 7) is 1.87. The SMILES string of the molecule is CCC(=O)NC1Cc2ccccc2C#Cc2ccccc21. The minimum Gasteiger partial charge on any atom is -0.349 e. The molecule has 0 saturated carbocycles. The number of carbonyl (C=O) groups excluding carboxylic acids is 1. The van der Waals surface area contributed by atoms with E-state index in [0.717, 1.165) is 23.1 Å². The van der Waals surface area contributed by atoms with E-state index in [2.05, 4.69) is 29.3 Å². The Morgan fingerprint density at radius 3 is 2.57 bits per heavy atom. The largest absolute Gasteiger partial charge is 0.349 e.